The number of alkyl halides is 3. The fourth-order valence-corrected chi connectivity index (χ4v) is 4.47. The smallest absolute Gasteiger partial charge is 0.468 e. The summed E-state index contributed by atoms with van der Waals surface area (Å²) in [5, 5.41) is 0.0598. The second-order valence-electron chi connectivity index (χ2n) is 7.51. The fourth-order valence-electron chi connectivity index (χ4n) is 3.46. The minimum Gasteiger partial charge on any atom is -0.493 e. The lowest BCUT2D eigenvalue weighted by Crippen LogP contribution is -2.43. The van der Waals surface area contributed by atoms with Gasteiger partial charge in [0.2, 0.25) is 0 Å². The van der Waals surface area contributed by atoms with Gasteiger partial charge in [0.25, 0.3) is 0 Å². The van der Waals surface area contributed by atoms with Crippen LogP contribution in [0.25, 0.3) is 11.0 Å². The van der Waals surface area contributed by atoms with Crippen LogP contribution in [0, 0.1) is 0 Å². The molecule has 4 aromatic rings. The average Bonchev–Trinajstić information content (AvgIpc) is 3.26. The van der Waals surface area contributed by atoms with E-state index in [-0.39, 0.29) is 40.0 Å². The van der Waals surface area contributed by atoms with E-state index < -0.39 is 23.3 Å². The van der Waals surface area contributed by atoms with Crippen molar-refractivity contribution in [2.75, 3.05) is 7.11 Å². The van der Waals surface area contributed by atoms with Crippen molar-refractivity contribution in [3.05, 3.63) is 66.0 Å². The molecule has 3 heterocycles. The summed E-state index contributed by atoms with van der Waals surface area (Å²) in [5.41, 5.74) is 1.82. The van der Waals surface area contributed by atoms with E-state index in [9.17, 15) is 17.4 Å². The van der Waals surface area contributed by atoms with Gasteiger partial charge in [-0.15, -0.1) is 0 Å². The number of hydrogen-bond donors (Lipinski definition) is 1. The highest BCUT2D eigenvalue weighted by Gasteiger charge is 2.49. The summed E-state index contributed by atoms with van der Waals surface area (Å²) in [6.45, 7) is 0.249. The average molecular weight is 505 g/mol. The molecule has 2 atom stereocenters. The number of nitrogens with one attached hydrogen (secondary N) is 1. The Morgan fingerprint density at radius 3 is 2.74 bits per heavy atom. The lowest BCUT2D eigenvalue weighted by atomic mass is 10.2. The molecule has 0 bridgehead atoms. The first-order valence-corrected chi connectivity index (χ1v) is 11.6. The first kappa shape index (κ1) is 23.0. The molecule has 5 rings (SSSR count). The summed E-state index contributed by atoms with van der Waals surface area (Å²) in [4.78, 5) is 11.4. The number of rotatable bonds is 7. The van der Waals surface area contributed by atoms with Crippen molar-refractivity contribution in [3.8, 4) is 23.0 Å². The van der Waals surface area contributed by atoms with Gasteiger partial charge < -0.3 is 23.9 Å². The van der Waals surface area contributed by atoms with E-state index in [2.05, 4.69) is 24.4 Å². The number of fused-ring (bicyclic) bond motifs is 2. The number of benzene rings is 2. The van der Waals surface area contributed by atoms with Crippen LogP contribution in [-0.2, 0) is 23.2 Å². The highest BCUT2D eigenvalue weighted by atomic mass is 32.2. The van der Waals surface area contributed by atoms with E-state index in [0.717, 1.165) is 5.56 Å². The van der Waals surface area contributed by atoms with E-state index in [1.165, 1.54) is 25.4 Å². The Kier molecular flexibility index (Phi) is 5.97. The maximum absolute atomic E-state index is 13.5. The maximum Gasteiger partial charge on any atom is 0.468 e. The molecule has 2 aromatic carbocycles. The zero-order valence-electron chi connectivity index (χ0n) is 18.2. The van der Waals surface area contributed by atoms with Crippen LogP contribution in [0.15, 0.2) is 59.9 Å². The second kappa shape index (κ2) is 9.10. The third kappa shape index (κ3) is 4.61. The van der Waals surface area contributed by atoms with Crippen LogP contribution in [0.2, 0.25) is 0 Å². The van der Waals surface area contributed by atoms with Crippen LogP contribution in [0.4, 0.5) is 13.2 Å². The van der Waals surface area contributed by atoms with Crippen molar-refractivity contribution in [1.82, 2.24) is 15.0 Å². The Morgan fingerprint density at radius 1 is 1.17 bits per heavy atom. The van der Waals surface area contributed by atoms with Crippen LogP contribution in [0.5, 0.6) is 23.0 Å². The molecule has 2 unspecified atom stereocenters. The topological polar surface area (TPSA) is 95.6 Å². The molecule has 12 heteroatoms. The molecule has 0 amide bonds. The second-order valence-corrected chi connectivity index (χ2v) is 8.88. The molecule has 0 aliphatic carbocycles. The number of nitrogens with zero attached hydrogens (tertiary/aromatic N) is 2. The Balaban J connectivity index is 1.40. The van der Waals surface area contributed by atoms with Crippen LogP contribution in [-0.4, -0.2) is 38.7 Å². The number of ether oxygens (including phenoxy) is 4. The Bertz CT molecular complexity index is 1400. The standard InChI is InChI=1S/C23H18F3N3O5S/c1-31-17-7-8-27-16(20(17)32-11-13-5-3-2-4-6-13)12-35(30)22-28-14-9-18-19(10-15(14)29-22)34-23(25,26)21(24)33-18/h2-10,21H,11-12H2,1H3,(H,28,29). The van der Waals surface area contributed by atoms with E-state index in [4.69, 9.17) is 9.47 Å². The molecule has 182 valence electrons. The number of aromatic nitrogens is 3. The molecule has 0 radical (unpaired) electrons. The van der Waals surface area contributed by atoms with Gasteiger partial charge in [0.05, 0.1) is 40.4 Å². The van der Waals surface area contributed by atoms with E-state index in [0.29, 0.717) is 17.2 Å². The lowest BCUT2D eigenvalue weighted by Gasteiger charge is -2.28. The molecule has 0 fully saturated rings. The Hall–Kier alpha value is -3.80. The minimum atomic E-state index is -4.12. The third-order valence-corrected chi connectivity index (χ3v) is 6.30. The maximum atomic E-state index is 13.5. The van der Waals surface area contributed by atoms with E-state index >= 15 is 0 Å². The van der Waals surface area contributed by atoms with Crippen molar-refractivity contribution >= 4 is 21.8 Å². The van der Waals surface area contributed by atoms with Gasteiger partial charge in [0.1, 0.15) is 6.61 Å². The van der Waals surface area contributed by atoms with Gasteiger partial charge in [-0.2, -0.15) is 13.2 Å². The molecular formula is C23H18F3N3O5S. The van der Waals surface area contributed by atoms with Gasteiger partial charge in [-0.3, -0.25) is 9.19 Å². The van der Waals surface area contributed by atoms with Gasteiger partial charge in [-0.05, 0) is 5.56 Å². The predicted octanol–water partition coefficient (Wildman–Crippen LogP) is 4.51. The number of imidazole rings is 1. The summed E-state index contributed by atoms with van der Waals surface area (Å²) in [6.07, 6.45) is -5.57. The van der Waals surface area contributed by atoms with Crippen LogP contribution < -0.4 is 18.9 Å². The SMILES string of the molecule is COc1ccnc(CS(=O)c2nc3cc4c(cc3[nH]2)OC(F)(F)C(F)O4)c1OCc1ccccc1. The summed E-state index contributed by atoms with van der Waals surface area (Å²) in [5.74, 6) is 0.112. The van der Waals surface area contributed by atoms with Crippen LogP contribution >= 0.6 is 0 Å². The molecule has 8 nitrogen and oxygen atoms in total. The molecule has 35 heavy (non-hydrogen) atoms. The van der Waals surface area contributed by atoms with Crippen molar-refractivity contribution in [1.29, 1.82) is 0 Å². The van der Waals surface area contributed by atoms with Crippen molar-refractivity contribution in [2.45, 2.75) is 30.0 Å². The largest absolute Gasteiger partial charge is 0.493 e. The van der Waals surface area contributed by atoms with Gasteiger partial charge in [-0.1, -0.05) is 30.3 Å². The predicted molar refractivity (Wildman–Crippen MR) is 119 cm³/mol. The summed E-state index contributed by atoms with van der Waals surface area (Å²) < 4.78 is 74.0. The molecule has 1 N–H and O–H groups in total. The zero-order valence-corrected chi connectivity index (χ0v) is 19.0. The van der Waals surface area contributed by atoms with Crippen LogP contribution in [0.1, 0.15) is 11.3 Å². The lowest BCUT2D eigenvalue weighted by molar-refractivity contribution is -0.281. The zero-order chi connectivity index (χ0) is 24.6. The van der Waals surface area contributed by atoms with Gasteiger partial charge in [0, 0.05) is 24.4 Å². The first-order chi connectivity index (χ1) is 16.8. The molecule has 2 aromatic heterocycles. The Labute approximate surface area is 199 Å². The first-order valence-electron chi connectivity index (χ1n) is 10.3. The molecule has 0 saturated carbocycles. The number of H-pyrrole nitrogens is 1. The highest BCUT2D eigenvalue weighted by Crippen LogP contribution is 2.42. The number of pyridine rings is 1. The molecular weight excluding hydrogens is 487 g/mol. The van der Waals surface area contributed by atoms with Crippen molar-refractivity contribution in [3.63, 3.8) is 0 Å². The number of aromatic amines is 1. The van der Waals surface area contributed by atoms with Gasteiger partial charge in [0.15, 0.2) is 28.2 Å². The molecule has 0 saturated heterocycles. The normalized spacial score (nSPS) is 17.2. The minimum absolute atomic E-state index is 0.0598. The summed E-state index contributed by atoms with van der Waals surface area (Å²) in [6, 6.07) is 13.5. The molecule has 1 aliphatic heterocycles. The van der Waals surface area contributed by atoms with Crippen molar-refractivity contribution in [2.24, 2.45) is 0 Å². The molecule has 0 spiro atoms. The monoisotopic (exact) mass is 505 g/mol. The van der Waals surface area contributed by atoms with Crippen molar-refractivity contribution < 1.29 is 36.3 Å². The van der Waals surface area contributed by atoms with E-state index in [1.807, 2.05) is 30.3 Å². The number of halogens is 3. The van der Waals surface area contributed by atoms with Gasteiger partial charge >= 0.3 is 12.5 Å². The Morgan fingerprint density at radius 2 is 1.97 bits per heavy atom. The third-order valence-electron chi connectivity index (χ3n) is 5.14. The quantitative estimate of drug-likeness (QED) is 0.395. The number of hydrogen-bond acceptors (Lipinski definition) is 7. The number of methoxy groups -OCH3 is 1. The highest BCUT2D eigenvalue weighted by molar-refractivity contribution is 7.84. The van der Waals surface area contributed by atoms with Crippen LogP contribution in [0.3, 0.4) is 0 Å². The van der Waals surface area contributed by atoms with E-state index in [1.54, 1.807) is 6.07 Å². The summed E-state index contributed by atoms with van der Waals surface area (Å²) >= 11 is 0. The summed E-state index contributed by atoms with van der Waals surface area (Å²) in [7, 11) is -0.240. The van der Waals surface area contributed by atoms with Gasteiger partial charge in [-0.25, -0.2) is 4.98 Å². The fraction of sp³-hybridized carbons (Fsp3) is 0.217. The molecule has 1 aliphatic rings.